The van der Waals surface area contributed by atoms with Gasteiger partial charge < -0.3 is 10.1 Å². The van der Waals surface area contributed by atoms with E-state index in [1.807, 2.05) is 30.3 Å². The third-order valence-electron chi connectivity index (χ3n) is 4.57. The lowest BCUT2D eigenvalue weighted by atomic mass is 10.0. The normalized spacial score (nSPS) is 13.8. The zero-order valence-corrected chi connectivity index (χ0v) is 16.3. The number of nitrogens with one attached hydrogen (secondary N) is 1. The summed E-state index contributed by atoms with van der Waals surface area (Å²) in [5, 5.41) is 3.67. The Kier molecular flexibility index (Phi) is 5.06. The predicted octanol–water partition coefficient (Wildman–Crippen LogP) is 4.75. The molecule has 29 heavy (non-hydrogen) atoms. The van der Waals surface area contributed by atoms with Crippen LogP contribution in [0.5, 0.6) is 5.75 Å². The number of halogens is 1. The van der Waals surface area contributed by atoms with E-state index < -0.39 is 11.8 Å². The Morgan fingerprint density at radius 2 is 1.59 bits per heavy atom. The third kappa shape index (κ3) is 3.60. The van der Waals surface area contributed by atoms with Crippen LogP contribution >= 0.6 is 11.6 Å². The fraction of sp³-hybridized carbons (Fsp3) is 0.0435. The van der Waals surface area contributed by atoms with Crippen molar-refractivity contribution >= 4 is 40.4 Å². The van der Waals surface area contributed by atoms with E-state index in [-0.39, 0.29) is 5.70 Å². The maximum Gasteiger partial charge on any atom is 0.282 e. The number of para-hydroxylation sites is 1. The molecule has 0 radical (unpaired) electrons. The number of rotatable bonds is 5. The Balaban J connectivity index is 1.82. The van der Waals surface area contributed by atoms with Crippen LogP contribution in [0.15, 0.2) is 84.6 Å². The second kappa shape index (κ2) is 7.81. The quantitative estimate of drug-likeness (QED) is 0.624. The van der Waals surface area contributed by atoms with Crippen LogP contribution in [0.1, 0.15) is 5.56 Å². The highest BCUT2D eigenvalue weighted by atomic mass is 35.5. The Labute approximate surface area is 173 Å². The SMILES string of the molecule is COc1cccc(N2C(=O)C(Nc3ccccc3)=C(c3ccc(Cl)cc3)C2=O)c1. The molecule has 1 heterocycles. The highest BCUT2D eigenvalue weighted by Gasteiger charge is 2.40. The molecule has 4 rings (SSSR count). The fourth-order valence-corrected chi connectivity index (χ4v) is 3.31. The van der Waals surface area contributed by atoms with Crippen molar-refractivity contribution in [1.82, 2.24) is 0 Å². The number of nitrogens with zero attached hydrogens (tertiary/aromatic N) is 1. The van der Waals surface area contributed by atoms with Gasteiger partial charge in [-0.1, -0.05) is 48.0 Å². The number of hydrogen-bond donors (Lipinski definition) is 1. The van der Waals surface area contributed by atoms with Crippen LogP contribution in [0.2, 0.25) is 5.02 Å². The zero-order chi connectivity index (χ0) is 20.4. The molecular formula is C23H17ClN2O3. The molecule has 6 heteroatoms. The molecule has 0 aliphatic carbocycles. The van der Waals surface area contributed by atoms with Gasteiger partial charge in [-0.05, 0) is 42.0 Å². The summed E-state index contributed by atoms with van der Waals surface area (Å²) >= 11 is 6.00. The Bertz CT molecular complexity index is 1110. The number of amides is 2. The molecule has 0 bridgehead atoms. The van der Waals surface area contributed by atoms with Crippen molar-refractivity contribution in [3.63, 3.8) is 0 Å². The first-order valence-corrected chi connectivity index (χ1v) is 9.31. The summed E-state index contributed by atoms with van der Waals surface area (Å²) in [6, 6.07) is 22.9. The molecule has 3 aromatic rings. The van der Waals surface area contributed by atoms with E-state index in [9.17, 15) is 9.59 Å². The van der Waals surface area contributed by atoms with Gasteiger partial charge in [0.05, 0.1) is 18.4 Å². The number of carbonyl (C=O) groups is 2. The van der Waals surface area contributed by atoms with Crippen molar-refractivity contribution in [2.75, 3.05) is 17.3 Å². The van der Waals surface area contributed by atoms with E-state index in [4.69, 9.17) is 16.3 Å². The standard InChI is InChI=1S/C23H17ClN2O3/c1-29-19-9-5-8-18(14-19)26-22(27)20(15-10-12-16(24)13-11-15)21(23(26)28)25-17-6-3-2-4-7-17/h2-14,25H,1H3. The van der Waals surface area contributed by atoms with Gasteiger partial charge >= 0.3 is 0 Å². The van der Waals surface area contributed by atoms with Gasteiger partial charge in [-0.25, -0.2) is 4.90 Å². The summed E-state index contributed by atoms with van der Waals surface area (Å²) in [7, 11) is 1.53. The van der Waals surface area contributed by atoms with Crippen molar-refractivity contribution in [3.05, 3.63) is 95.1 Å². The fourth-order valence-electron chi connectivity index (χ4n) is 3.18. The lowest BCUT2D eigenvalue weighted by Crippen LogP contribution is -2.32. The molecule has 3 aromatic carbocycles. The Morgan fingerprint density at radius 3 is 2.28 bits per heavy atom. The summed E-state index contributed by atoms with van der Waals surface area (Å²) in [6.45, 7) is 0. The molecule has 0 spiro atoms. The van der Waals surface area contributed by atoms with Crippen LogP contribution in [0.4, 0.5) is 11.4 Å². The van der Waals surface area contributed by atoms with E-state index in [1.54, 1.807) is 48.5 Å². The maximum absolute atomic E-state index is 13.3. The number of carbonyl (C=O) groups excluding carboxylic acids is 2. The molecule has 0 unspecified atom stereocenters. The van der Waals surface area contributed by atoms with Crippen molar-refractivity contribution in [3.8, 4) is 5.75 Å². The van der Waals surface area contributed by atoms with E-state index in [1.165, 1.54) is 7.11 Å². The molecule has 0 atom stereocenters. The molecular weight excluding hydrogens is 388 g/mol. The molecule has 0 saturated carbocycles. The minimum absolute atomic E-state index is 0.214. The molecule has 1 aliphatic rings. The van der Waals surface area contributed by atoms with E-state index >= 15 is 0 Å². The number of hydrogen-bond acceptors (Lipinski definition) is 4. The lowest BCUT2D eigenvalue weighted by molar-refractivity contribution is -0.120. The van der Waals surface area contributed by atoms with Gasteiger partial charge in [0.25, 0.3) is 11.8 Å². The van der Waals surface area contributed by atoms with E-state index in [0.29, 0.717) is 33.3 Å². The summed E-state index contributed by atoms with van der Waals surface area (Å²) in [6.07, 6.45) is 0. The van der Waals surface area contributed by atoms with Gasteiger partial charge in [-0.3, -0.25) is 9.59 Å². The molecule has 1 aliphatic heterocycles. The summed E-state index contributed by atoms with van der Waals surface area (Å²) < 4.78 is 5.24. The highest BCUT2D eigenvalue weighted by Crippen LogP contribution is 2.35. The zero-order valence-electron chi connectivity index (χ0n) is 15.6. The van der Waals surface area contributed by atoms with Gasteiger partial charge in [-0.15, -0.1) is 0 Å². The number of methoxy groups -OCH3 is 1. The Morgan fingerprint density at radius 1 is 0.862 bits per heavy atom. The average molecular weight is 405 g/mol. The van der Waals surface area contributed by atoms with E-state index in [2.05, 4.69) is 5.32 Å². The number of ether oxygens (including phenoxy) is 1. The number of imide groups is 1. The lowest BCUT2D eigenvalue weighted by Gasteiger charge is -2.16. The highest BCUT2D eigenvalue weighted by molar-refractivity contribution is 6.46. The van der Waals surface area contributed by atoms with Gasteiger partial charge in [-0.2, -0.15) is 0 Å². The van der Waals surface area contributed by atoms with Crippen LogP contribution in [0.25, 0.3) is 5.57 Å². The van der Waals surface area contributed by atoms with Crippen molar-refractivity contribution < 1.29 is 14.3 Å². The van der Waals surface area contributed by atoms with Crippen molar-refractivity contribution in [2.24, 2.45) is 0 Å². The first kappa shape index (κ1) is 18.8. The van der Waals surface area contributed by atoms with Crippen LogP contribution in [-0.2, 0) is 9.59 Å². The third-order valence-corrected chi connectivity index (χ3v) is 4.82. The van der Waals surface area contributed by atoms with Crippen molar-refractivity contribution in [2.45, 2.75) is 0 Å². The average Bonchev–Trinajstić information content (AvgIpc) is 2.99. The Hall–Kier alpha value is -3.57. The molecule has 1 N–H and O–H groups in total. The van der Waals surface area contributed by atoms with Gasteiger partial charge in [0, 0.05) is 16.8 Å². The summed E-state index contributed by atoms with van der Waals surface area (Å²) in [5.74, 6) is -0.290. The molecule has 2 amide bonds. The minimum atomic E-state index is -0.433. The van der Waals surface area contributed by atoms with Gasteiger partial charge in [0.15, 0.2) is 0 Å². The smallest absolute Gasteiger partial charge is 0.282 e. The second-order valence-electron chi connectivity index (χ2n) is 6.40. The van der Waals surface area contributed by atoms with Gasteiger partial charge in [0.1, 0.15) is 11.4 Å². The number of anilines is 2. The molecule has 0 aromatic heterocycles. The van der Waals surface area contributed by atoms with Crippen LogP contribution < -0.4 is 15.0 Å². The second-order valence-corrected chi connectivity index (χ2v) is 6.83. The molecule has 0 saturated heterocycles. The van der Waals surface area contributed by atoms with Crippen molar-refractivity contribution in [1.29, 1.82) is 0 Å². The first-order valence-electron chi connectivity index (χ1n) is 8.93. The van der Waals surface area contributed by atoms with Gasteiger partial charge in [0.2, 0.25) is 0 Å². The minimum Gasteiger partial charge on any atom is -0.497 e. The number of benzene rings is 3. The molecule has 144 valence electrons. The predicted molar refractivity (Wildman–Crippen MR) is 114 cm³/mol. The topological polar surface area (TPSA) is 58.6 Å². The summed E-state index contributed by atoms with van der Waals surface area (Å²) in [4.78, 5) is 27.8. The molecule has 5 nitrogen and oxygen atoms in total. The maximum atomic E-state index is 13.3. The molecule has 0 fully saturated rings. The largest absolute Gasteiger partial charge is 0.497 e. The van der Waals surface area contributed by atoms with Crippen LogP contribution in [0.3, 0.4) is 0 Å². The monoisotopic (exact) mass is 404 g/mol. The summed E-state index contributed by atoms with van der Waals surface area (Å²) in [5.41, 5.74) is 2.26. The van der Waals surface area contributed by atoms with Crippen LogP contribution in [-0.4, -0.2) is 18.9 Å². The van der Waals surface area contributed by atoms with Crippen LogP contribution in [0, 0.1) is 0 Å². The van der Waals surface area contributed by atoms with E-state index in [0.717, 1.165) is 4.90 Å². The first-order chi connectivity index (χ1) is 14.1.